The fourth-order valence-corrected chi connectivity index (χ4v) is 4.63. The Morgan fingerprint density at radius 2 is 1.94 bits per heavy atom. The Labute approximate surface area is 183 Å². The molecule has 2 fully saturated rings. The molecule has 170 valence electrons. The first kappa shape index (κ1) is 23.1. The Balaban J connectivity index is 1.56. The van der Waals surface area contributed by atoms with Crippen LogP contribution in [0, 0.1) is 5.92 Å². The van der Waals surface area contributed by atoms with E-state index < -0.39 is 24.0 Å². The van der Waals surface area contributed by atoms with Crippen LogP contribution in [0.3, 0.4) is 0 Å². The van der Waals surface area contributed by atoms with Crippen molar-refractivity contribution in [2.75, 3.05) is 13.6 Å². The lowest BCUT2D eigenvalue weighted by Gasteiger charge is -2.43. The van der Waals surface area contributed by atoms with E-state index in [1.165, 1.54) is 0 Å². The van der Waals surface area contributed by atoms with Crippen LogP contribution in [0.4, 0.5) is 4.79 Å². The second-order valence-corrected chi connectivity index (χ2v) is 8.82. The van der Waals surface area contributed by atoms with Crippen LogP contribution in [0.25, 0.3) is 0 Å². The predicted molar refractivity (Wildman–Crippen MR) is 115 cm³/mol. The SMILES string of the molecule is CC(C)N(C)[C@@H]1CC[C@H](N2CCC(NC(=O)OCc3ccccc3)C2=O)[C@H](C(=O)O)C1. The third kappa shape index (κ3) is 5.55. The molecule has 2 amide bonds. The molecule has 1 aromatic rings. The van der Waals surface area contributed by atoms with E-state index in [1.807, 2.05) is 37.4 Å². The monoisotopic (exact) mass is 431 g/mol. The summed E-state index contributed by atoms with van der Waals surface area (Å²) in [6, 6.07) is 8.83. The number of carboxylic acids is 1. The summed E-state index contributed by atoms with van der Waals surface area (Å²) in [5.74, 6) is -1.69. The zero-order chi connectivity index (χ0) is 22.5. The van der Waals surface area contributed by atoms with E-state index in [0.29, 0.717) is 31.8 Å². The van der Waals surface area contributed by atoms with E-state index in [9.17, 15) is 19.5 Å². The fraction of sp³-hybridized carbons (Fsp3) is 0.609. The summed E-state index contributed by atoms with van der Waals surface area (Å²) < 4.78 is 5.22. The van der Waals surface area contributed by atoms with Crippen LogP contribution in [0.15, 0.2) is 30.3 Å². The van der Waals surface area contributed by atoms with E-state index in [0.717, 1.165) is 12.0 Å². The molecule has 4 atom stereocenters. The van der Waals surface area contributed by atoms with Crippen LogP contribution in [0.5, 0.6) is 0 Å². The molecule has 1 saturated carbocycles. The van der Waals surface area contributed by atoms with Crippen molar-refractivity contribution in [2.24, 2.45) is 5.92 Å². The highest BCUT2D eigenvalue weighted by molar-refractivity contribution is 5.88. The maximum Gasteiger partial charge on any atom is 0.408 e. The number of alkyl carbamates (subject to hydrolysis) is 1. The number of hydrogen-bond acceptors (Lipinski definition) is 5. The van der Waals surface area contributed by atoms with Gasteiger partial charge in [0.1, 0.15) is 12.6 Å². The minimum Gasteiger partial charge on any atom is -0.481 e. The molecule has 31 heavy (non-hydrogen) atoms. The number of carbonyl (C=O) groups excluding carboxylic acids is 2. The van der Waals surface area contributed by atoms with Crippen molar-refractivity contribution in [3.8, 4) is 0 Å². The number of benzene rings is 1. The number of carboxylic acid groups (broad SMARTS) is 1. The second-order valence-electron chi connectivity index (χ2n) is 8.82. The molecule has 1 aromatic carbocycles. The Kier molecular flexibility index (Phi) is 7.54. The van der Waals surface area contributed by atoms with Crippen LogP contribution in [0.2, 0.25) is 0 Å². The second kappa shape index (κ2) is 10.1. The first-order valence-electron chi connectivity index (χ1n) is 11.0. The topological polar surface area (TPSA) is 99.2 Å². The standard InChI is InChI=1S/C23H33N3O5/c1-15(2)25(3)17-9-10-20(18(13-17)22(28)29)26-12-11-19(21(26)27)24-23(30)31-14-16-7-5-4-6-8-16/h4-8,15,17-20H,9-14H2,1-3H3,(H,24,30)(H,28,29)/t17-,18-,19?,20+/m1/s1. The number of likely N-dealkylation sites (tertiary alicyclic amines) is 1. The van der Waals surface area contributed by atoms with Gasteiger partial charge in [-0.05, 0) is 52.1 Å². The molecule has 2 aliphatic rings. The molecule has 3 rings (SSSR count). The van der Waals surface area contributed by atoms with Crippen LogP contribution in [-0.2, 0) is 20.9 Å². The zero-order valence-corrected chi connectivity index (χ0v) is 18.5. The van der Waals surface area contributed by atoms with Gasteiger partial charge in [0.2, 0.25) is 5.91 Å². The van der Waals surface area contributed by atoms with E-state index >= 15 is 0 Å². The van der Waals surface area contributed by atoms with Crippen molar-refractivity contribution in [3.05, 3.63) is 35.9 Å². The number of nitrogens with one attached hydrogen (secondary N) is 1. The average Bonchev–Trinajstić information content (AvgIpc) is 3.11. The van der Waals surface area contributed by atoms with Crippen molar-refractivity contribution in [2.45, 2.75) is 70.3 Å². The number of hydrogen-bond donors (Lipinski definition) is 2. The van der Waals surface area contributed by atoms with Gasteiger partial charge in [-0.3, -0.25) is 9.59 Å². The molecular formula is C23H33N3O5. The van der Waals surface area contributed by atoms with Crippen LogP contribution in [-0.4, -0.2) is 70.6 Å². The summed E-state index contributed by atoms with van der Waals surface area (Å²) in [4.78, 5) is 41.0. The summed E-state index contributed by atoms with van der Waals surface area (Å²) in [6.45, 7) is 4.77. The van der Waals surface area contributed by atoms with E-state index in [4.69, 9.17) is 4.74 Å². The lowest BCUT2D eigenvalue weighted by molar-refractivity contribution is -0.149. The highest BCUT2D eigenvalue weighted by Crippen LogP contribution is 2.34. The van der Waals surface area contributed by atoms with Gasteiger partial charge >= 0.3 is 12.1 Å². The lowest BCUT2D eigenvalue weighted by Crippen LogP contribution is -2.53. The van der Waals surface area contributed by atoms with Gasteiger partial charge in [-0.1, -0.05) is 30.3 Å². The van der Waals surface area contributed by atoms with E-state index in [-0.39, 0.29) is 24.6 Å². The Morgan fingerprint density at radius 3 is 2.58 bits per heavy atom. The molecule has 0 bridgehead atoms. The number of carbonyl (C=O) groups is 3. The molecule has 1 aliphatic carbocycles. The first-order valence-corrected chi connectivity index (χ1v) is 11.0. The molecule has 0 aromatic heterocycles. The average molecular weight is 432 g/mol. The fourth-order valence-electron chi connectivity index (χ4n) is 4.63. The van der Waals surface area contributed by atoms with Gasteiger partial charge in [0.25, 0.3) is 0 Å². The predicted octanol–water partition coefficient (Wildman–Crippen LogP) is 2.48. The maximum absolute atomic E-state index is 13.0. The maximum atomic E-state index is 13.0. The van der Waals surface area contributed by atoms with Crippen LogP contribution in [0.1, 0.15) is 45.1 Å². The number of rotatable bonds is 7. The Hall–Kier alpha value is -2.61. The van der Waals surface area contributed by atoms with E-state index in [2.05, 4.69) is 24.1 Å². The molecule has 8 nitrogen and oxygen atoms in total. The summed E-state index contributed by atoms with van der Waals surface area (Å²) >= 11 is 0. The molecule has 8 heteroatoms. The third-order valence-electron chi connectivity index (χ3n) is 6.64. The van der Waals surface area contributed by atoms with Gasteiger partial charge in [-0.2, -0.15) is 0 Å². The normalized spacial score (nSPS) is 26.4. The summed E-state index contributed by atoms with van der Waals surface area (Å²) in [5.41, 5.74) is 0.865. The number of nitrogens with zero attached hydrogens (tertiary/aromatic N) is 2. The Bertz CT molecular complexity index is 785. The van der Waals surface area contributed by atoms with Crippen LogP contribution >= 0.6 is 0 Å². The molecule has 2 N–H and O–H groups in total. The summed E-state index contributed by atoms with van der Waals surface area (Å²) in [5, 5.41) is 12.5. The van der Waals surface area contributed by atoms with Crippen molar-refractivity contribution in [1.82, 2.24) is 15.1 Å². The number of aliphatic carboxylic acids is 1. The van der Waals surface area contributed by atoms with Crippen molar-refractivity contribution >= 4 is 18.0 Å². The van der Waals surface area contributed by atoms with Crippen molar-refractivity contribution < 1.29 is 24.2 Å². The quantitative estimate of drug-likeness (QED) is 0.688. The molecule has 0 spiro atoms. The van der Waals surface area contributed by atoms with Crippen LogP contribution < -0.4 is 5.32 Å². The first-order chi connectivity index (χ1) is 14.8. The van der Waals surface area contributed by atoms with Crippen molar-refractivity contribution in [3.63, 3.8) is 0 Å². The molecule has 1 unspecified atom stereocenters. The van der Waals surface area contributed by atoms with Crippen molar-refractivity contribution in [1.29, 1.82) is 0 Å². The summed E-state index contributed by atoms with van der Waals surface area (Å²) in [6.07, 6.45) is 1.84. The largest absolute Gasteiger partial charge is 0.481 e. The molecule has 1 saturated heterocycles. The minimum absolute atomic E-state index is 0.131. The molecule has 1 heterocycles. The molecule has 0 radical (unpaired) electrons. The van der Waals surface area contributed by atoms with Gasteiger partial charge in [0.15, 0.2) is 0 Å². The molecular weight excluding hydrogens is 398 g/mol. The van der Waals surface area contributed by atoms with Gasteiger partial charge in [0, 0.05) is 24.7 Å². The van der Waals surface area contributed by atoms with Gasteiger partial charge in [-0.15, -0.1) is 0 Å². The van der Waals surface area contributed by atoms with Gasteiger partial charge in [-0.25, -0.2) is 4.79 Å². The third-order valence-corrected chi connectivity index (χ3v) is 6.64. The highest BCUT2D eigenvalue weighted by Gasteiger charge is 2.45. The molecule has 1 aliphatic heterocycles. The smallest absolute Gasteiger partial charge is 0.408 e. The number of ether oxygens (including phenoxy) is 1. The van der Waals surface area contributed by atoms with Gasteiger partial charge in [0.05, 0.1) is 5.92 Å². The highest BCUT2D eigenvalue weighted by atomic mass is 16.5. The van der Waals surface area contributed by atoms with E-state index in [1.54, 1.807) is 4.90 Å². The lowest BCUT2D eigenvalue weighted by atomic mass is 9.80. The van der Waals surface area contributed by atoms with Gasteiger partial charge < -0.3 is 25.0 Å². The minimum atomic E-state index is -0.863. The summed E-state index contributed by atoms with van der Waals surface area (Å²) in [7, 11) is 2.02. The number of amides is 2. The Morgan fingerprint density at radius 1 is 1.23 bits per heavy atom. The zero-order valence-electron chi connectivity index (χ0n) is 18.5.